The molecule has 0 aliphatic rings. The lowest BCUT2D eigenvalue weighted by atomic mass is 10.3. The normalized spacial score (nSPS) is 9.50. The second-order valence-corrected chi connectivity index (χ2v) is 2.98. The molecule has 78 valence electrons. The van der Waals surface area contributed by atoms with E-state index in [9.17, 15) is 4.79 Å². The van der Waals surface area contributed by atoms with Crippen LogP contribution in [0.2, 0.25) is 0 Å². The molecule has 1 heterocycles. The molecule has 2 aromatic rings. The van der Waals surface area contributed by atoms with Crippen molar-refractivity contribution in [3.8, 4) is 5.69 Å². The van der Waals surface area contributed by atoms with E-state index in [1.54, 1.807) is 36.5 Å². The molecule has 0 amide bonds. The number of rotatable bonds is 2. The minimum atomic E-state index is -0.348. The van der Waals surface area contributed by atoms with E-state index >= 15 is 0 Å². The van der Waals surface area contributed by atoms with Gasteiger partial charge in [0.05, 0.1) is 5.69 Å². The number of aromatic nitrogens is 2. The Kier molecular flexibility index (Phi) is 2.67. The lowest BCUT2D eigenvalue weighted by Crippen LogP contribution is -2.19. The quantitative estimate of drug-likeness (QED) is 0.435. The van der Waals surface area contributed by atoms with E-state index in [2.05, 4.69) is 15.0 Å². The molecule has 0 aliphatic heterocycles. The molecule has 0 saturated heterocycles. The Morgan fingerprint density at radius 3 is 2.69 bits per heavy atom. The smallest absolute Gasteiger partial charge is 0.268 e. The number of benzene rings is 1. The molecule has 6 nitrogen and oxygen atoms in total. The fourth-order valence-electron chi connectivity index (χ4n) is 1.29. The zero-order valence-electron chi connectivity index (χ0n) is 8.19. The highest BCUT2D eigenvalue weighted by Gasteiger charge is 1.98. The van der Waals surface area contributed by atoms with Crippen LogP contribution in [0.4, 0.5) is 5.69 Å². The maximum atomic E-state index is 11.4. The Labute approximate surface area is 90.4 Å². The van der Waals surface area contributed by atoms with Gasteiger partial charge in [-0.2, -0.15) is 0 Å². The van der Waals surface area contributed by atoms with E-state index in [4.69, 9.17) is 5.53 Å². The van der Waals surface area contributed by atoms with E-state index in [0.717, 1.165) is 0 Å². The third-order valence-corrected chi connectivity index (χ3v) is 2.00. The summed E-state index contributed by atoms with van der Waals surface area (Å²) < 4.78 is 1.40. The number of azide groups is 1. The van der Waals surface area contributed by atoms with Crippen LogP contribution in [0.15, 0.2) is 52.6 Å². The first-order chi connectivity index (χ1) is 7.81. The summed E-state index contributed by atoms with van der Waals surface area (Å²) in [6, 6.07) is 8.31. The number of hydrogen-bond acceptors (Lipinski definition) is 3. The maximum Gasteiger partial charge on any atom is 0.352 e. The molecule has 1 aromatic carbocycles. The molecule has 0 spiro atoms. The molecule has 0 N–H and O–H groups in total. The first-order valence-electron chi connectivity index (χ1n) is 4.50. The van der Waals surface area contributed by atoms with Gasteiger partial charge in [0.15, 0.2) is 0 Å². The van der Waals surface area contributed by atoms with Gasteiger partial charge in [0.25, 0.3) is 0 Å². The van der Waals surface area contributed by atoms with Gasteiger partial charge >= 0.3 is 5.69 Å². The highest BCUT2D eigenvalue weighted by molar-refractivity contribution is 5.44. The predicted octanol–water partition coefficient (Wildman–Crippen LogP) is 2.17. The molecular weight excluding hydrogens is 206 g/mol. The van der Waals surface area contributed by atoms with Crippen LogP contribution in [0, 0.1) is 0 Å². The highest BCUT2D eigenvalue weighted by Crippen LogP contribution is 2.14. The molecule has 0 atom stereocenters. The Hall–Kier alpha value is -2.59. The van der Waals surface area contributed by atoms with Crippen LogP contribution in [0.3, 0.4) is 0 Å². The van der Waals surface area contributed by atoms with Crippen molar-refractivity contribution in [2.45, 2.75) is 0 Å². The van der Waals surface area contributed by atoms with Crippen molar-refractivity contribution < 1.29 is 0 Å². The van der Waals surface area contributed by atoms with Crippen molar-refractivity contribution in [2.24, 2.45) is 5.11 Å². The van der Waals surface area contributed by atoms with Crippen LogP contribution < -0.4 is 5.69 Å². The van der Waals surface area contributed by atoms with Crippen LogP contribution in [-0.2, 0) is 0 Å². The highest BCUT2D eigenvalue weighted by atomic mass is 16.1. The Morgan fingerprint density at radius 1 is 1.31 bits per heavy atom. The molecular formula is C10H7N5O. The molecule has 0 unspecified atom stereocenters. The van der Waals surface area contributed by atoms with Crippen molar-refractivity contribution in [3.63, 3.8) is 0 Å². The van der Waals surface area contributed by atoms with Crippen LogP contribution in [0.5, 0.6) is 0 Å². The predicted molar refractivity (Wildman–Crippen MR) is 58.6 cm³/mol. The van der Waals surface area contributed by atoms with Gasteiger partial charge in [0.1, 0.15) is 0 Å². The summed E-state index contributed by atoms with van der Waals surface area (Å²) in [6.45, 7) is 0. The summed E-state index contributed by atoms with van der Waals surface area (Å²) in [7, 11) is 0. The SMILES string of the molecule is [N-]=[N+]=Nc1ccc(-n2cccnc2=O)cc1. The van der Waals surface area contributed by atoms with Crippen LogP contribution in [-0.4, -0.2) is 9.55 Å². The molecule has 0 bridgehead atoms. The summed E-state index contributed by atoms with van der Waals surface area (Å²) in [6.07, 6.45) is 3.06. The first-order valence-corrected chi connectivity index (χ1v) is 4.50. The van der Waals surface area contributed by atoms with Crippen LogP contribution in [0.25, 0.3) is 16.1 Å². The van der Waals surface area contributed by atoms with Gasteiger partial charge in [-0.25, -0.2) is 9.78 Å². The molecule has 0 radical (unpaired) electrons. The van der Waals surface area contributed by atoms with E-state index < -0.39 is 0 Å². The zero-order chi connectivity index (χ0) is 11.4. The Morgan fingerprint density at radius 2 is 2.06 bits per heavy atom. The van der Waals surface area contributed by atoms with Crippen molar-refractivity contribution >= 4 is 5.69 Å². The topological polar surface area (TPSA) is 83.7 Å². The fourth-order valence-corrected chi connectivity index (χ4v) is 1.29. The average Bonchev–Trinajstić information content (AvgIpc) is 2.31. The summed E-state index contributed by atoms with van der Waals surface area (Å²) in [4.78, 5) is 17.7. The van der Waals surface area contributed by atoms with E-state index in [0.29, 0.717) is 11.4 Å². The summed E-state index contributed by atoms with van der Waals surface area (Å²) >= 11 is 0. The number of hydrogen-bond donors (Lipinski definition) is 0. The second kappa shape index (κ2) is 4.29. The van der Waals surface area contributed by atoms with Crippen molar-refractivity contribution in [2.75, 3.05) is 0 Å². The summed E-state index contributed by atoms with van der Waals surface area (Å²) in [5.41, 5.74) is 9.07. The van der Waals surface area contributed by atoms with Crippen molar-refractivity contribution in [3.05, 3.63) is 63.7 Å². The monoisotopic (exact) mass is 213 g/mol. The Balaban J connectivity index is 2.46. The second-order valence-electron chi connectivity index (χ2n) is 2.98. The molecule has 2 rings (SSSR count). The lowest BCUT2D eigenvalue weighted by molar-refractivity contribution is 0.914. The number of nitrogens with zero attached hydrogens (tertiary/aromatic N) is 5. The Bertz CT molecular complexity index is 595. The van der Waals surface area contributed by atoms with Gasteiger partial charge < -0.3 is 0 Å². The average molecular weight is 213 g/mol. The lowest BCUT2D eigenvalue weighted by Gasteiger charge is -2.03. The summed E-state index contributed by atoms with van der Waals surface area (Å²) in [5.74, 6) is 0. The largest absolute Gasteiger partial charge is 0.352 e. The van der Waals surface area contributed by atoms with Crippen molar-refractivity contribution in [1.82, 2.24) is 9.55 Å². The molecule has 0 fully saturated rings. The zero-order valence-corrected chi connectivity index (χ0v) is 8.19. The van der Waals surface area contributed by atoms with Gasteiger partial charge in [-0.3, -0.25) is 4.57 Å². The fraction of sp³-hybridized carbons (Fsp3) is 0. The standard InChI is InChI=1S/C10H7N5O/c11-14-13-8-2-4-9(5-3-8)15-7-1-6-12-10(15)16/h1-7H. The van der Waals surface area contributed by atoms with Crippen LogP contribution >= 0.6 is 0 Å². The van der Waals surface area contributed by atoms with Crippen molar-refractivity contribution in [1.29, 1.82) is 0 Å². The molecule has 16 heavy (non-hydrogen) atoms. The minimum absolute atomic E-state index is 0.348. The van der Waals surface area contributed by atoms with Gasteiger partial charge in [-0.15, -0.1) is 0 Å². The van der Waals surface area contributed by atoms with Gasteiger partial charge in [0.2, 0.25) is 0 Å². The first kappa shape index (κ1) is 9.95. The van der Waals surface area contributed by atoms with Gasteiger partial charge in [-0.05, 0) is 23.7 Å². The summed E-state index contributed by atoms with van der Waals surface area (Å²) in [5, 5.41) is 3.44. The third-order valence-electron chi connectivity index (χ3n) is 2.00. The van der Waals surface area contributed by atoms with Crippen LogP contribution in [0.1, 0.15) is 0 Å². The third kappa shape index (κ3) is 1.92. The van der Waals surface area contributed by atoms with Gasteiger partial charge in [0, 0.05) is 23.0 Å². The molecule has 0 aliphatic carbocycles. The van der Waals surface area contributed by atoms with E-state index in [1.807, 2.05) is 0 Å². The molecule has 0 saturated carbocycles. The van der Waals surface area contributed by atoms with E-state index in [-0.39, 0.29) is 5.69 Å². The van der Waals surface area contributed by atoms with Gasteiger partial charge in [-0.1, -0.05) is 17.2 Å². The molecule has 6 heteroatoms. The molecule has 1 aromatic heterocycles. The maximum absolute atomic E-state index is 11.4. The van der Waals surface area contributed by atoms with E-state index in [1.165, 1.54) is 10.8 Å². The minimum Gasteiger partial charge on any atom is -0.268 e.